The van der Waals surface area contributed by atoms with E-state index >= 15 is 0 Å². The van der Waals surface area contributed by atoms with Crippen LogP contribution in [0.25, 0.3) is 11.1 Å². The molecule has 0 radical (unpaired) electrons. The monoisotopic (exact) mass is 646 g/mol. The van der Waals surface area contributed by atoms with Gasteiger partial charge in [0.25, 0.3) is 5.91 Å². The van der Waals surface area contributed by atoms with Crippen LogP contribution in [0.5, 0.6) is 0 Å². The van der Waals surface area contributed by atoms with Gasteiger partial charge in [0.2, 0.25) is 0 Å². The molecule has 4 amide bonds. The fraction of sp³-hybridized carbons (Fsp3) is 0.562. The first-order valence-corrected chi connectivity index (χ1v) is 15.5. The standard InChI is InChI=1S/C32H41F3N6O5/c1-19-5-6-22(37-29(43)40-10-7-20(18-40)16-32(33,34)35)15-23(19)21-13-25(26-17-36-9-12-45-26)38-27(14-21)41-11-8-24(28(41)42)39-30(44)46-31(2,3)4/h5-6,13-15,20,24,26,36H,7-12,16-18H2,1-4H3,(H,37,43)(H,39,44)/t20-,24+,26?/m0/s1. The zero-order valence-electron chi connectivity index (χ0n) is 26.5. The van der Waals surface area contributed by atoms with E-state index in [0.717, 1.165) is 16.7 Å². The maximum atomic E-state index is 13.5. The van der Waals surface area contributed by atoms with E-state index in [0.29, 0.717) is 56.3 Å². The Kier molecular flexibility index (Phi) is 9.78. The first kappa shape index (κ1) is 33.5. The molecule has 3 aliphatic rings. The number of rotatable bonds is 6. The predicted octanol–water partition coefficient (Wildman–Crippen LogP) is 5.15. The highest BCUT2D eigenvalue weighted by molar-refractivity contribution is 6.00. The molecule has 0 spiro atoms. The summed E-state index contributed by atoms with van der Waals surface area (Å²) in [6.45, 7) is 9.54. The van der Waals surface area contributed by atoms with Crippen LogP contribution in [-0.2, 0) is 14.3 Å². The van der Waals surface area contributed by atoms with Crippen LogP contribution in [0.15, 0.2) is 30.3 Å². The zero-order valence-corrected chi connectivity index (χ0v) is 26.5. The van der Waals surface area contributed by atoms with Crippen molar-refractivity contribution in [1.29, 1.82) is 0 Å². The molecule has 3 fully saturated rings. The van der Waals surface area contributed by atoms with Gasteiger partial charge >= 0.3 is 18.3 Å². The second kappa shape index (κ2) is 13.4. The van der Waals surface area contributed by atoms with E-state index in [1.165, 1.54) is 9.80 Å². The summed E-state index contributed by atoms with van der Waals surface area (Å²) in [5.41, 5.74) is 2.81. The first-order chi connectivity index (χ1) is 21.6. The number of anilines is 2. The van der Waals surface area contributed by atoms with Crippen molar-refractivity contribution in [2.45, 2.75) is 70.9 Å². The molecule has 46 heavy (non-hydrogen) atoms. The number of aryl methyl sites for hydroxylation is 1. The summed E-state index contributed by atoms with van der Waals surface area (Å²) in [5, 5.41) is 8.80. The number of benzene rings is 1. The second-order valence-corrected chi connectivity index (χ2v) is 13.1. The quantitative estimate of drug-likeness (QED) is 0.396. The number of likely N-dealkylation sites (tertiary alicyclic amines) is 1. The van der Waals surface area contributed by atoms with Crippen molar-refractivity contribution in [1.82, 2.24) is 20.5 Å². The van der Waals surface area contributed by atoms with E-state index in [1.54, 1.807) is 39.0 Å². The number of halogens is 3. The molecule has 11 nitrogen and oxygen atoms in total. The number of alkyl halides is 3. The van der Waals surface area contributed by atoms with Gasteiger partial charge in [-0.05, 0) is 87.4 Å². The molecule has 1 unspecified atom stereocenters. The average Bonchev–Trinajstić information content (AvgIpc) is 3.58. The lowest BCUT2D eigenvalue weighted by Gasteiger charge is -2.26. The molecular formula is C32H41F3N6O5. The lowest BCUT2D eigenvalue weighted by Crippen LogP contribution is -2.44. The van der Waals surface area contributed by atoms with Crippen LogP contribution >= 0.6 is 0 Å². The Hall–Kier alpha value is -3.91. The third-order valence-electron chi connectivity index (χ3n) is 8.16. The molecule has 0 aliphatic carbocycles. The van der Waals surface area contributed by atoms with Crippen molar-refractivity contribution in [3.63, 3.8) is 0 Å². The summed E-state index contributed by atoms with van der Waals surface area (Å²) in [6, 6.07) is 7.87. The molecule has 2 aromatic rings. The van der Waals surface area contributed by atoms with Crippen molar-refractivity contribution < 1.29 is 37.0 Å². The van der Waals surface area contributed by atoms with Crippen molar-refractivity contribution in [2.75, 3.05) is 49.5 Å². The van der Waals surface area contributed by atoms with Gasteiger partial charge in [0, 0.05) is 44.8 Å². The summed E-state index contributed by atoms with van der Waals surface area (Å²) in [6.07, 6.45) is -5.52. The normalized spacial score (nSPS) is 22.2. The Morgan fingerprint density at radius 1 is 1.13 bits per heavy atom. The van der Waals surface area contributed by atoms with E-state index in [-0.39, 0.29) is 25.1 Å². The van der Waals surface area contributed by atoms with Crippen LogP contribution in [0.2, 0.25) is 0 Å². The third kappa shape index (κ3) is 8.46. The third-order valence-corrected chi connectivity index (χ3v) is 8.16. The van der Waals surface area contributed by atoms with Crippen LogP contribution < -0.4 is 20.9 Å². The van der Waals surface area contributed by atoms with Gasteiger partial charge in [0.15, 0.2) is 0 Å². The molecule has 1 aromatic heterocycles. The Labute approximate surface area is 266 Å². The number of nitrogens with one attached hydrogen (secondary N) is 3. The fourth-order valence-corrected chi connectivity index (χ4v) is 5.97. The smallest absolute Gasteiger partial charge is 0.408 e. The number of carbonyl (C=O) groups excluding carboxylic acids is 3. The molecule has 1 aromatic carbocycles. The number of urea groups is 1. The number of morpholine rings is 1. The molecule has 5 rings (SSSR count). The SMILES string of the molecule is Cc1ccc(NC(=O)N2CC[C@@H](CC(F)(F)F)C2)cc1-c1cc(C2CNCCO2)nc(N2CC[C@@H](NC(=O)OC(C)(C)C)C2=O)c1. The molecule has 14 heteroatoms. The number of amides is 4. The Morgan fingerprint density at radius 2 is 1.91 bits per heavy atom. The molecule has 3 saturated heterocycles. The maximum absolute atomic E-state index is 13.5. The second-order valence-electron chi connectivity index (χ2n) is 13.1. The van der Waals surface area contributed by atoms with Gasteiger partial charge in [-0.15, -0.1) is 0 Å². The van der Waals surface area contributed by atoms with Gasteiger partial charge in [-0.25, -0.2) is 14.6 Å². The van der Waals surface area contributed by atoms with Gasteiger partial charge in [0.1, 0.15) is 23.6 Å². The summed E-state index contributed by atoms with van der Waals surface area (Å²) in [4.78, 5) is 46.6. The minimum atomic E-state index is -4.26. The summed E-state index contributed by atoms with van der Waals surface area (Å²) in [7, 11) is 0. The molecular weight excluding hydrogens is 605 g/mol. The number of pyridine rings is 1. The zero-order chi connectivity index (χ0) is 33.2. The van der Waals surface area contributed by atoms with Gasteiger partial charge in [-0.2, -0.15) is 13.2 Å². The fourth-order valence-electron chi connectivity index (χ4n) is 5.97. The van der Waals surface area contributed by atoms with Gasteiger partial charge < -0.3 is 30.3 Å². The molecule has 250 valence electrons. The van der Waals surface area contributed by atoms with Crippen molar-refractivity contribution in [2.24, 2.45) is 5.92 Å². The number of hydrogen-bond acceptors (Lipinski definition) is 7. The molecule has 3 atom stereocenters. The number of hydrogen-bond donors (Lipinski definition) is 3. The van der Waals surface area contributed by atoms with E-state index in [4.69, 9.17) is 14.5 Å². The maximum Gasteiger partial charge on any atom is 0.408 e. The van der Waals surface area contributed by atoms with Crippen LogP contribution in [-0.4, -0.2) is 85.1 Å². The number of aromatic nitrogens is 1. The summed E-state index contributed by atoms with van der Waals surface area (Å²) < 4.78 is 49.9. The van der Waals surface area contributed by atoms with Crippen molar-refractivity contribution in [3.8, 4) is 11.1 Å². The Morgan fingerprint density at radius 3 is 2.61 bits per heavy atom. The highest BCUT2D eigenvalue weighted by Gasteiger charge is 2.37. The molecule has 3 N–H and O–H groups in total. The van der Waals surface area contributed by atoms with E-state index < -0.39 is 42.3 Å². The largest absolute Gasteiger partial charge is 0.444 e. The van der Waals surface area contributed by atoms with Crippen molar-refractivity contribution in [3.05, 3.63) is 41.6 Å². The predicted molar refractivity (Wildman–Crippen MR) is 165 cm³/mol. The summed E-state index contributed by atoms with van der Waals surface area (Å²) >= 11 is 0. The lowest BCUT2D eigenvalue weighted by atomic mass is 9.98. The Bertz CT molecular complexity index is 1460. The van der Waals surface area contributed by atoms with E-state index in [1.807, 2.05) is 19.1 Å². The van der Waals surface area contributed by atoms with Crippen LogP contribution in [0, 0.1) is 12.8 Å². The first-order valence-electron chi connectivity index (χ1n) is 15.5. The molecule has 0 saturated carbocycles. The highest BCUT2D eigenvalue weighted by Crippen LogP contribution is 2.34. The topological polar surface area (TPSA) is 125 Å². The van der Waals surface area contributed by atoms with E-state index in [2.05, 4.69) is 16.0 Å². The highest BCUT2D eigenvalue weighted by atomic mass is 19.4. The van der Waals surface area contributed by atoms with E-state index in [9.17, 15) is 27.6 Å². The van der Waals surface area contributed by atoms with Crippen LogP contribution in [0.3, 0.4) is 0 Å². The van der Waals surface area contributed by atoms with Gasteiger partial charge in [-0.1, -0.05) is 6.07 Å². The number of ether oxygens (including phenoxy) is 2. The van der Waals surface area contributed by atoms with Crippen LogP contribution in [0.1, 0.15) is 57.4 Å². The number of carbonyl (C=O) groups is 3. The van der Waals surface area contributed by atoms with Gasteiger partial charge in [0.05, 0.1) is 12.3 Å². The van der Waals surface area contributed by atoms with Crippen molar-refractivity contribution >= 4 is 29.5 Å². The minimum Gasteiger partial charge on any atom is -0.444 e. The summed E-state index contributed by atoms with van der Waals surface area (Å²) in [5.74, 6) is -0.519. The van der Waals surface area contributed by atoms with Gasteiger partial charge in [-0.3, -0.25) is 9.69 Å². The number of nitrogens with zero attached hydrogens (tertiary/aromatic N) is 3. The Balaban J connectivity index is 1.38. The minimum absolute atomic E-state index is 0.0458. The van der Waals surface area contributed by atoms with Crippen LogP contribution in [0.4, 0.5) is 34.3 Å². The molecule has 4 heterocycles. The number of alkyl carbamates (subject to hydrolysis) is 1. The average molecular weight is 647 g/mol. The lowest BCUT2D eigenvalue weighted by molar-refractivity contribution is -0.143. The molecule has 0 bridgehead atoms. The molecule has 3 aliphatic heterocycles.